The van der Waals surface area contributed by atoms with Crippen LogP contribution in [0.4, 0.5) is 10.8 Å². The Kier molecular flexibility index (Phi) is 4.65. The van der Waals surface area contributed by atoms with Crippen molar-refractivity contribution in [3.8, 4) is 0 Å². The average molecular weight is 379 g/mol. The maximum atomic E-state index is 12.2. The van der Waals surface area contributed by atoms with Gasteiger partial charge in [-0.15, -0.1) is 22.7 Å². The minimum absolute atomic E-state index is 0.151. The van der Waals surface area contributed by atoms with E-state index in [2.05, 4.69) is 15.0 Å². The highest BCUT2D eigenvalue weighted by molar-refractivity contribution is 7.94. The predicted octanol–water partition coefficient (Wildman–Crippen LogP) is 3.57. The Morgan fingerprint density at radius 2 is 1.92 bits per heavy atom. The minimum atomic E-state index is -3.66. The maximum Gasteiger partial charge on any atom is 0.275 e. The molecule has 24 heavy (non-hydrogen) atoms. The number of aromatic nitrogens is 1. The van der Waals surface area contributed by atoms with E-state index in [1.54, 1.807) is 17.5 Å². The molecule has 0 spiro atoms. The fourth-order valence-corrected chi connectivity index (χ4v) is 4.84. The van der Waals surface area contributed by atoms with Crippen molar-refractivity contribution < 1.29 is 13.2 Å². The van der Waals surface area contributed by atoms with Gasteiger partial charge in [-0.25, -0.2) is 13.4 Å². The number of carbonyl (C=O) groups excluding carboxylic acids is 1. The molecular weight excluding hydrogens is 366 g/mol. The number of carbonyl (C=O) groups is 1. The van der Waals surface area contributed by atoms with Crippen molar-refractivity contribution in [1.29, 1.82) is 0 Å². The van der Waals surface area contributed by atoms with E-state index in [1.165, 1.54) is 11.4 Å². The number of hydrogen-bond acceptors (Lipinski definition) is 6. The van der Waals surface area contributed by atoms with E-state index in [-0.39, 0.29) is 20.9 Å². The number of hydrogen-bond donors (Lipinski definition) is 2. The number of thiazole rings is 1. The normalized spacial score (nSPS) is 11.2. The third-order valence-corrected chi connectivity index (χ3v) is 6.74. The summed E-state index contributed by atoms with van der Waals surface area (Å²) in [6.45, 7) is 1.89. The number of rotatable bonds is 5. The SMILES string of the molecule is Cc1ccccc1NC(=O)c1csc(NS(=O)(=O)c2cccs2)n1. The molecule has 0 aliphatic rings. The van der Waals surface area contributed by atoms with E-state index >= 15 is 0 Å². The van der Waals surface area contributed by atoms with Crippen LogP contribution in [0.2, 0.25) is 0 Å². The molecule has 3 aromatic rings. The van der Waals surface area contributed by atoms with Crippen molar-refractivity contribution in [2.24, 2.45) is 0 Å². The molecule has 3 rings (SSSR count). The highest BCUT2D eigenvalue weighted by atomic mass is 32.2. The molecule has 0 fully saturated rings. The van der Waals surface area contributed by atoms with E-state index < -0.39 is 10.0 Å². The highest BCUT2D eigenvalue weighted by Gasteiger charge is 2.18. The molecule has 0 radical (unpaired) electrons. The first kappa shape index (κ1) is 16.6. The number of nitrogens with one attached hydrogen (secondary N) is 2. The van der Waals surface area contributed by atoms with Crippen LogP contribution in [0, 0.1) is 6.92 Å². The topological polar surface area (TPSA) is 88.2 Å². The Labute approximate surface area is 147 Å². The molecule has 0 saturated carbocycles. The van der Waals surface area contributed by atoms with Crippen LogP contribution < -0.4 is 10.0 Å². The van der Waals surface area contributed by atoms with Crippen molar-refractivity contribution in [3.63, 3.8) is 0 Å². The van der Waals surface area contributed by atoms with Crippen molar-refractivity contribution in [3.05, 3.63) is 58.4 Å². The number of sulfonamides is 1. The third-order valence-electron chi connectivity index (χ3n) is 3.11. The molecular formula is C15H13N3O3S3. The number of anilines is 2. The molecule has 1 amide bonds. The van der Waals surface area contributed by atoms with Crippen LogP contribution in [0.25, 0.3) is 0 Å². The van der Waals surface area contributed by atoms with Gasteiger partial charge in [0.1, 0.15) is 9.90 Å². The van der Waals surface area contributed by atoms with Crippen molar-refractivity contribution in [2.45, 2.75) is 11.1 Å². The van der Waals surface area contributed by atoms with Crippen LogP contribution in [-0.4, -0.2) is 19.3 Å². The molecule has 0 aliphatic carbocycles. The first-order valence-electron chi connectivity index (χ1n) is 6.84. The molecule has 0 aliphatic heterocycles. The second kappa shape index (κ2) is 6.71. The predicted molar refractivity (Wildman–Crippen MR) is 96.4 cm³/mol. The zero-order valence-electron chi connectivity index (χ0n) is 12.5. The summed E-state index contributed by atoms with van der Waals surface area (Å²) in [5.74, 6) is -0.387. The van der Waals surface area contributed by atoms with Gasteiger partial charge in [0.05, 0.1) is 0 Å². The summed E-state index contributed by atoms with van der Waals surface area (Å²) < 4.78 is 26.9. The molecule has 2 aromatic heterocycles. The summed E-state index contributed by atoms with van der Waals surface area (Å²) in [5, 5.41) is 6.10. The summed E-state index contributed by atoms with van der Waals surface area (Å²) in [5.41, 5.74) is 1.78. The summed E-state index contributed by atoms with van der Waals surface area (Å²) in [6, 6.07) is 10.5. The van der Waals surface area contributed by atoms with E-state index in [1.807, 2.05) is 25.1 Å². The quantitative estimate of drug-likeness (QED) is 0.709. The van der Waals surface area contributed by atoms with Gasteiger partial charge >= 0.3 is 0 Å². The summed E-state index contributed by atoms with van der Waals surface area (Å²) >= 11 is 2.17. The lowest BCUT2D eigenvalue weighted by atomic mass is 10.2. The van der Waals surface area contributed by atoms with Crippen LogP contribution >= 0.6 is 22.7 Å². The fraction of sp³-hybridized carbons (Fsp3) is 0.0667. The lowest BCUT2D eigenvalue weighted by Gasteiger charge is -2.06. The van der Waals surface area contributed by atoms with Crippen LogP contribution in [-0.2, 0) is 10.0 Å². The number of benzene rings is 1. The average Bonchev–Trinajstić information content (AvgIpc) is 3.20. The Bertz CT molecular complexity index is 963. The van der Waals surface area contributed by atoms with E-state index in [0.29, 0.717) is 5.69 Å². The maximum absolute atomic E-state index is 12.2. The van der Waals surface area contributed by atoms with Gasteiger partial charge < -0.3 is 5.32 Å². The minimum Gasteiger partial charge on any atom is -0.320 e. The Balaban J connectivity index is 1.74. The molecule has 0 unspecified atom stereocenters. The van der Waals surface area contributed by atoms with Crippen molar-refractivity contribution in [1.82, 2.24) is 4.98 Å². The lowest BCUT2D eigenvalue weighted by Crippen LogP contribution is -2.14. The summed E-state index contributed by atoms with van der Waals surface area (Å²) in [6.07, 6.45) is 0. The van der Waals surface area contributed by atoms with Gasteiger partial charge in [-0.1, -0.05) is 24.3 Å². The van der Waals surface area contributed by atoms with E-state index in [9.17, 15) is 13.2 Å². The number of nitrogens with zero attached hydrogens (tertiary/aromatic N) is 1. The number of amides is 1. The van der Waals surface area contributed by atoms with Crippen LogP contribution in [0.1, 0.15) is 16.1 Å². The molecule has 0 bridgehead atoms. The number of thiophene rings is 1. The summed E-state index contributed by atoms with van der Waals surface area (Å²) in [4.78, 5) is 16.3. The first-order chi connectivity index (χ1) is 11.5. The molecule has 6 nitrogen and oxygen atoms in total. The van der Waals surface area contributed by atoms with Gasteiger partial charge in [0.25, 0.3) is 15.9 Å². The number of aryl methyl sites for hydroxylation is 1. The molecule has 0 saturated heterocycles. The zero-order chi connectivity index (χ0) is 17.2. The van der Waals surface area contributed by atoms with Gasteiger partial charge in [0.15, 0.2) is 5.13 Å². The third kappa shape index (κ3) is 3.64. The van der Waals surface area contributed by atoms with Gasteiger partial charge in [-0.05, 0) is 30.0 Å². The Morgan fingerprint density at radius 1 is 1.12 bits per heavy atom. The monoisotopic (exact) mass is 379 g/mol. The molecule has 1 aromatic carbocycles. The van der Waals surface area contributed by atoms with E-state index in [4.69, 9.17) is 0 Å². The van der Waals surface area contributed by atoms with Crippen LogP contribution in [0.5, 0.6) is 0 Å². The second-order valence-electron chi connectivity index (χ2n) is 4.84. The smallest absolute Gasteiger partial charge is 0.275 e. The largest absolute Gasteiger partial charge is 0.320 e. The van der Waals surface area contributed by atoms with Crippen molar-refractivity contribution >= 4 is 49.4 Å². The molecule has 2 N–H and O–H groups in total. The van der Waals surface area contributed by atoms with Crippen LogP contribution in [0.3, 0.4) is 0 Å². The Morgan fingerprint density at radius 3 is 2.62 bits per heavy atom. The van der Waals surface area contributed by atoms with Gasteiger partial charge in [-0.2, -0.15) is 0 Å². The molecule has 2 heterocycles. The molecule has 124 valence electrons. The first-order valence-corrected chi connectivity index (χ1v) is 10.1. The van der Waals surface area contributed by atoms with Crippen molar-refractivity contribution in [2.75, 3.05) is 10.0 Å². The molecule has 9 heteroatoms. The summed E-state index contributed by atoms with van der Waals surface area (Å²) in [7, 11) is -3.66. The number of para-hydroxylation sites is 1. The van der Waals surface area contributed by atoms with Gasteiger partial charge in [-0.3, -0.25) is 9.52 Å². The van der Waals surface area contributed by atoms with E-state index in [0.717, 1.165) is 28.2 Å². The standard InChI is InChI=1S/C15H13N3O3S3/c1-10-5-2-3-6-11(10)16-14(19)12-9-23-15(17-12)18-24(20,21)13-7-4-8-22-13/h2-9H,1H3,(H,16,19)(H,17,18). The van der Waals surface area contributed by atoms with Gasteiger partial charge in [0, 0.05) is 11.1 Å². The van der Waals surface area contributed by atoms with Crippen LogP contribution in [0.15, 0.2) is 51.4 Å². The fourth-order valence-electron chi connectivity index (χ4n) is 1.91. The van der Waals surface area contributed by atoms with Gasteiger partial charge in [0.2, 0.25) is 0 Å². The Hall–Kier alpha value is -2.23. The highest BCUT2D eigenvalue weighted by Crippen LogP contribution is 2.23. The lowest BCUT2D eigenvalue weighted by molar-refractivity contribution is 0.102. The zero-order valence-corrected chi connectivity index (χ0v) is 15.0. The second-order valence-corrected chi connectivity index (χ2v) is 8.56. The molecule has 0 atom stereocenters.